The van der Waals surface area contributed by atoms with Crippen molar-refractivity contribution < 1.29 is 18.3 Å². The van der Waals surface area contributed by atoms with Crippen LogP contribution in [0, 0.1) is 5.92 Å². The number of hydrogen-bond acceptors (Lipinski definition) is 5. The van der Waals surface area contributed by atoms with E-state index in [0.717, 1.165) is 49.9 Å². The lowest BCUT2D eigenvalue weighted by Crippen LogP contribution is -2.54. The third kappa shape index (κ3) is 3.73. The number of nitrogens with one attached hydrogen (secondary N) is 2. The maximum atomic E-state index is 14.0. The monoisotopic (exact) mass is 457 g/mol. The summed E-state index contributed by atoms with van der Waals surface area (Å²) in [4.78, 5) is 18.8. The van der Waals surface area contributed by atoms with Crippen molar-refractivity contribution in [2.75, 3.05) is 25.1 Å². The van der Waals surface area contributed by atoms with Crippen molar-refractivity contribution in [2.45, 2.75) is 50.1 Å². The van der Waals surface area contributed by atoms with Gasteiger partial charge in [0.05, 0.1) is 42.4 Å². The molecule has 3 fully saturated rings. The fraction of sp³-hybridized carbons (Fsp3) is 0.545. The molecule has 0 aromatic carbocycles. The Morgan fingerprint density at radius 1 is 1.24 bits per heavy atom. The Hall–Kier alpha value is -3.08. The molecule has 0 radical (unpaired) electrons. The zero-order valence-electron chi connectivity index (χ0n) is 18.1. The predicted octanol–water partition coefficient (Wildman–Crippen LogP) is 3.65. The van der Waals surface area contributed by atoms with Crippen molar-refractivity contribution in [3.05, 3.63) is 24.7 Å². The van der Waals surface area contributed by atoms with Gasteiger partial charge in [-0.15, -0.1) is 0 Å². The van der Waals surface area contributed by atoms with Crippen molar-refractivity contribution in [3.8, 4) is 11.4 Å². The lowest BCUT2D eigenvalue weighted by molar-refractivity contribution is -0.0721. The number of carbonyl (C=O) groups excluding carboxylic acids is 1. The van der Waals surface area contributed by atoms with Crippen LogP contribution >= 0.6 is 0 Å². The molecule has 3 aliphatic rings. The van der Waals surface area contributed by atoms with E-state index in [4.69, 9.17) is 4.74 Å². The van der Waals surface area contributed by atoms with Crippen molar-refractivity contribution in [2.24, 2.45) is 5.92 Å². The number of fused-ring (bicyclic) bond motifs is 1. The Bertz CT molecular complexity index is 1200. The molecule has 1 spiro atoms. The molecule has 174 valence electrons. The van der Waals surface area contributed by atoms with E-state index in [9.17, 15) is 13.6 Å². The molecule has 3 aromatic rings. The maximum absolute atomic E-state index is 14.0. The Labute approximate surface area is 188 Å². The molecule has 0 bridgehead atoms. The van der Waals surface area contributed by atoms with Crippen LogP contribution < -0.4 is 5.32 Å². The summed E-state index contributed by atoms with van der Waals surface area (Å²) in [6, 6.07) is 1.38. The normalized spacial score (nSPS) is 23.3. The summed E-state index contributed by atoms with van der Waals surface area (Å²) in [5.41, 5.74) is 2.02. The number of halogens is 2. The van der Waals surface area contributed by atoms with Crippen molar-refractivity contribution >= 4 is 22.6 Å². The number of urea groups is 1. The zero-order chi connectivity index (χ0) is 22.6. The molecule has 5 heterocycles. The molecule has 2 amide bonds. The number of pyridine rings is 1. The average Bonchev–Trinajstić information content (AvgIpc) is 3.17. The van der Waals surface area contributed by atoms with Crippen LogP contribution in [-0.4, -0.2) is 67.1 Å². The summed E-state index contributed by atoms with van der Waals surface area (Å²) in [5.74, 6) is -2.44. The van der Waals surface area contributed by atoms with Gasteiger partial charge in [0.1, 0.15) is 5.69 Å². The second-order valence-corrected chi connectivity index (χ2v) is 9.44. The van der Waals surface area contributed by atoms with Gasteiger partial charge >= 0.3 is 6.03 Å². The molecule has 11 heteroatoms. The second-order valence-electron chi connectivity index (χ2n) is 9.44. The van der Waals surface area contributed by atoms with Crippen LogP contribution in [0.15, 0.2) is 24.7 Å². The Morgan fingerprint density at radius 3 is 2.88 bits per heavy atom. The maximum Gasteiger partial charge on any atom is 0.322 e. The standard InChI is InChI=1S/C22H25F2N7O2/c23-22(24)5-4-21(2-3-21)30(13-22)20(32)28-17-10-26-29-19(17)16-7-18-15(8-25-16)9-27-31(18)11-14-1-6-33-12-14/h7-10,14H,1-6,11-13H2,(H,26,29)(H,28,32)/t14-/m0/s1. The number of nitrogens with zero attached hydrogens (tertiary/aromatic N) is 5. The highest BCUT2D eigenvalue weighted by molar-refractivity contribution is 5.94. The van der Waals surface area contributed by atoms with E-state index in [-0.39, 0.29) is 6.42 Å². The molecule has 9 nitrogen and oxygen atoms in total. The number of carbonyl (C=O) groups is 1. The average molecular weight is 457 g/mol. The first-order valence-corrected chi connectivity index (χ1v) is 11.3. The van der Waals surface area contributed by atoms with Gasteiger partial charge in [-0.1, -0.05) is 0 Å². The highest BCUT2D eigenvalue weighted by atomic mass is 19.3. The fourth-order valence-corrected chi connectivity index (χ4v) is 4.97. The predicted molar refractivity (Wildman–Crippen MR) is 116 cm³/mol. The SMILES string of the molecule is O=C(Nc1cn[nH]c1-c1cc2c(cn1)cnn2C[C@@H]1CCOC1)N1CC(F)(F)CCC12CC2. The summed E-state index contributed by atoms with van der Waals surface area (Å²) >= 11 is 0. The first-order chi connectivity index (χ1) is 15.9. The number of alkyl halides is 2. The molecule has 1 atom stereocenters. The lowest BCUT2D eigenvalue weighted by Gasteiger charge is -2.40. The quantitative estimate of drug-likeness (QED) is 0.623. The molecule has 6 rings (SSSR count). The number of H-pyrrole nitrogens is 1. The first kappa shape index (κ1) is 20.5. The number of ether oxygens (including phenoxy) is 1. The van der Waals surface area contributed by atoms with Crippen LogP contribution in [0.25, 0.3) is 22.3 Å². The van der Waals surface area contributed by atoms with E-state index in [1.807, 2.05) is 10.7 Å². The number of aromatic amines is 1. The molecule has 3 aromatic heterocycles. The summed E-state index contributed by atoms with van der Waals surface area (Å²) < 4.78 is 35.5. The first-order valence-electron chi connectivity index (χ1n) is 11.3. The molecule has 1 aliphatic carbocycles. The number of amides is 2. The van der Waals surface area contributed by atoms with Gasteiger partial charge in [0.2, 0.25) is 0 Å². The summed E-state index contributed by atoms with van der Waals surface area (Å²) in [5, 5.41) is 15.2. The van der Waals surface area contributed by atoms with Crippen LogP contribution in [0.3, 0.4) is 0 Å². The van der Waals surface area contributed by atoms with Gasteiger partial charge in [0.15, 0.2) is 0 Å². The number of hydrogen-bond donors (Lipinski definition) is 2. The van der Waals surface area contributed by atoms with Gasteiger partial charge in [-0.25, -0.2) is 13.6 Å². The highest BCUT2D eigenvalue weighted by Gasteiger charge is 2.57. The molecule has 2 N–H and O–H groups in total. The number of piperidine rings is 1. The van der Waals surface area contributed by atoms with Crippen molar-refractivity contribution in [3.63, 3.8) is 0 Å². The van der Waals surface area contributed by atoms with Gasteiger partial charge in [-0.2, -0.15) is 10.2 Å². The van der Waals surface area contributed by atoms with Crippen LogP contribution in [0.2, 0.25) is 0 Å². The number of anilines is 1. The van der Waals surface area contributed by atoms with E-state index < -0.39 is 24.0 Å². The molecule has 2 aliphatic heterocycles. The smallest absolute Gasteiger partial charge is 0.322 e. The van der Waals surface area contributed by atoms with E-state index in [1.54, 1.807) is 12.4 Å². The van der Waals surface area contributed by atoms with Gasteiger partial charge in [-0.05, 0) is 31.7 Å². The highest BCUT2D eigenvalue weighted by Crippen LogP contribution is 2.51. The lowest BCUT2D eigenvalue weighted by atomic mass is 9.97. The van der Waals surface area contributed by atoms with Crippen LogP contribution in [-0.2, 0) is 11.3 Å². The van der Waals surface area contributed by atoms with Crippen LogP contribution in [0.5, 0.6) is 0 Å². The molecule has 0 unspecified atom stereocenters. The summed E-state index contributed by atoms with van der Waals surface area (Å²) in [7, 11) is 0. The molecular formula is C22H25F2N7O2. The largest absolute Gasteiger partial charge is 0.381 e. The van der Waals surface area contributed by atoms with E-state index in [0.29, 0.717) is 29.4 Å². The minimum Gasteiger partial charge on any atom is -0.381 e. The Balaban J connectivity index is 1.25. The third-order valence-corrected chi connectivity index (χ3v) is 7.11. The third-order valence-electron chi connectivity index (χ3n) is 7.11. The Morgan fingerprint density at radius 2 is 2.09 bits per heavy atom. The number of likely N-dealkylation sites (tertiary alicyclic amines) is 1. The molecule has 1 saturated carbocycles. The molecule has 33 heavy (non-hydrogen) atoms. The van der Waals surface area contributed by atoms with E-state index in [1.165, 1.54) is 11.1 Å². The summed E-state index contributed by atoms with van der Waals surface area (Å²) in [6.07, 6.45) is 7.70. The van der Waals surface area contributed by atoms with Crippen molar-refractivity contribution in [1.29, 1.82) is 0 Å². The number of aromatic nitrogens is 5. The fourth-order valence-electron chi connectivity index (χ4n) is 4.97. The van der Waals surface area contributed by atoms with E-state index >= 15 is 0 Å². The zero-order valence-corrected chi connectivity index (χ0v) is 18.1. The molecular weight excluding hydrogens is 432 g/mol. The van der Waals surface area contributed by atoms with Crippen molar-refractivity contribution in [1.82, 2.24) is 29.9 Å². The molecule has 2 saturated heterocycles. The minimum atomic E-state index is -2.86. The topological polar surface area (TPSA) is 101 Å². The van der Waals surface area contributed by atoms with Gasteiger partial charge in [0.25, 0.3) is 5.92 Å². The van der Waals surface area contributed by atoms with E-state index in [2.05, 4.69) is 25.6 Å². The number of rotatable bonds is 4. The minimum absolute atomic E-state index is 0.168. The second kappa shape index (κ2) is 7.47. The Kier molecular flexibility index (Phi) is 4.65. The van der Waals surface area contributed by atoms with Crippen LogP contribution in [0.4, 0.5) is 19.3 Å². The van der Waals surface area contributed by atoms with Gasteiger partial charge < -0.3 is 15.0 Å². The van der Waals surface area contributed by atoms with Gasteiger partial charge in [-0.3, -0.25) is 14.8 Å². The van der Waals surface area contributed by atoms with Gasteiger partial charge in [0, 0.05) is 42.6 Å². The summed E-state index contributed by atoms with van der Waals surface area (Å²) in [6.45, 7) is 1.70. The van der Waals surface area contributed by atoms with Crippen LogP contribution in [0.1, 0.15) is 32.1 Å².